The SMILES string of the molecule is CCCCCCCCCCCCCC/C=C/CCCCO[C@@H](CO)[C@@H]1OC[C@@H](O)[C@@H]1O. The van der Waals surface area contributed by atoms with Gasteiger partial charge in [0.25, 0.3) is 0 Å². The van der Waals surface area contributed by atoms with E-state index in [0.717, 1.165) is 19.3 Å². The third-order valence-electron chi connectivity index (χ3n) is 6.22. The van der Waals surface area contributed by atoms with E-state index < -0.39 is 24.4 Å². The fraction of sp³-hybridized carbons (Fsp3) is 0.923. The molecule has 1 aliphatic rings. The maximum Gasteiger partial charge on any atom is 0.114 e. The second kappa shape index (κ2) is 20.2. The Morgan fingerprint density at radius 2 is 1.32 bits per heavy atom. The van der Waals surface area contributed by atoms with Crippen molar-refractivity contribution in [2.45, 2.75) is 134 Å². The quantitative estimate of drug-likeness (QED) is 0.166. The van der Waals surface area contributed by atoms with Crippen molar-refractivity contribution in [2.75, 3.05) is 19.8 Å². The zero-order valence-electron chi connectivity index (χ0n) is 20.1. The number of ether oxygens (including phenoxy) is 2. The van der Waals surface area contributed by atoms with E-state index >= 15 is 0 Å². The van der Waals surface area contributed by atoms with Gasteiger partial charge < -0.3 is 24.8 Å². The van der Waals surface area contributed by atoms with Crippen LogP contribution < -0.4 is 0 Å². The molecule has 0 bridgehead atoms. The highest BCUT2D eigenvalue weighted by Crippen LogP contribution is 2.20. The standard InChI is InChI=1S/C26H50O5/c1-2-3-4-5-6-7-8-9-10-11-12-13-14-15-16-17-18-19-20-30-24(21-27)26-25(29)23(28)22-31-26/h15-16,23-29H,2-14,17-22H2,1H3/b16-15+/t23-,24+,25+,26+/m1/s1. The lowest BCUT2D eigenvalue weighted by molar-refractivity contribution is -0.101. The van der Waals surface area contributed by atoms with Gasteiger partial charge in [0.05, 0.1) is 13.2 Å². The van der Waals surface area contributed by atoms with Gasteiger partial charge in [-0.2, -0.15) is 0 Å². The highest BCUT2D eigenvalue weighted by Gasteiger charge is 2.40. The molecule has 1 saturated heterocycles. The summed E-state index contributed by atoms with van der Waals surface area (Å²) in [6.45, 7) is 2.68. The molecule has 0 aromatic carbocycles. The largest absolute Gasteiger partial charge is 0.394 e. The molecule has 0 saturated carbocycles. The zero-order chi connectivity index (χ0) is 22.6. The van der Waals surface area contributed by atoms with Crippen LogP contribution in [0.1, 0.15) is 110 Å². The van der Waals surface area contributed by atoms with Crippen molar-refractivity contribution >= 4 is 0 Å². The van der Waals surface area contributed by atoms with Gasteiger partial charge in [-0.25, -0.2) is 0 Å². The summed E-state index contributed by atoms with van der Waals surface area (Å²) in [5.41, 5.74) is 0. The number of allylic oxidation sites excluding steroid dienone is 2. The monoisotopic (exact) mass is 442 g/mol. The maximum absolute atomic E-state index is 9.84. The summed E-state index contributed by atoms with van der Waals surface area (Å²) in [5.74, 6) is 0. The van der Waals surface area contributed by atoms with Gasteiger partial charge >= 0.3 is 0 Å². The molecule has 5 heteroatoms. The summed E-state index contributed by atoms with van der Waals surface area (Å²) in [7, 11) is 0. The van der Waals surface area contributed by atoms with Crippen LogP contribution in [0, 0.1) is 0 Å². The van der Waals surface area contributed by atoms with E-state index in [9.17, 15) is 15.3 Å². The van der Waals surface area contributed by atoms with Crippen molar-refractivity contribution in [2.24, 2.45) is 0 Å². The van der Waals surface area contributed by atoms with Crippen LogP contribution in [-0.2, 0) is 9.47 Å². The molecule has 1 heterocycles. The van der Waals surface area contributed by atoms with Crippen molar-refractivity contribution in [3.05, 3.63) is 12.2 Å². The molecule has 0 aliphatic carbocycles. The van der Waals surface area contributed by atoms with E-state index in [4.69, 9.17) is 9.47 Å². The first-order chi connectivity index (χ1) is 15.2. The lowest BCUT2D eigenvalue weighted by Crippen LogP contribution is -2.42. The van der Waals surface area contributed by atoms with Gasteiger partial charge in [-0.1, -0.05) is 89.7 Å². The number of aliphatic hydroxyl groups is 3. The molecule has 184 valence electrons. The second-order valence-corrected chi connectivity index (χ2v) is 9.09. The number of rotatable bonds is 21. The Bertz CT molecular complexity index is 415. The number of hydrogen-bond donors (Lipinski definition) is 3. The summed E-state index contributed by atoms with van der Waals surface area (Å²) >= 11 is 0. The van der Waals surface area contributed by atoms with E-state index in [-0.39, 0.29) is 13.2 Å². The van der Waals surface area contributed by atoms with Gasteiger partial charge in [-0.05, 0) is 32.1 Å². The van der Waals surface area contributed by atoms with E-state index in [0.29, 0.717) is 6.61 Å². The Labute approximate surface area is 191 Å². The minimum Gasteiger partial charge on any atom is -0.394 e. The van der Waals surface area contributed by atoms with E-state index in [1.165, 1.54) is 83.5 Å². The first-order valence-electron chi connectivity index (χ1n) is 13.1. The average molecular weight is 443 g/mol. The summed E-state index contributed by atoms with van der Waals surface area (Å²) in [5, 5.41) is 28.8. The molecule has 0 aromatic rings. The smallest absolute Gasteiger partial charge is 0.114 e. The van der Waals surface area contributed by atoms with E-state index in [2.05, 4.69) is 19.1 Å². The first-order valence-corrected chi connectivity index (χ1v) is 13.1. The Morgan fingerprint density at radius 3 is 1.81 bits per heavy atom. The molecule has 0 unspecified atom stereocenters. The molecule has 0 radical (unpaired) electrons. The lowest BCUT2D eigenvalue weighted by Gasteiger charge is -2.24. The van der Waals surface area contributed by atoms with Gasteiger partial charge in [-0.15, -0.1) is 0 Å². The molecule has 1 fully saturated rings. The van der Waals surface area contributed by atoms with Crippen LogP contribution in [-0.4, -0.2) is 59.6 Å². The highest BCUT2D eigenvalue weighted by molar-refractivity contribution is 4.88. The topological polar surface area (TPSA) is 79.2 Å². The molecular formula is C26H50O5. The van der Waals surface area contributed by atoms with Crippen LogP contribution in [0.4, 0.5) is 0 Å². The Morgan fingerprint density at radius 1 is 0.806 bits per heavy atom. The second-order valence-electron chi connectivity index (χ2n) is 9.09. The Kier molecular flexibility index (Phi) is 18.6. The van der Waals surface area contributed by atoms with E-state index in [1.807, 2.05) is 0 Å². The van der Waals surface area contributed by atoms with Crippen LogP contribution in [0.25, 0.3) is 0 Å². The normalized spacial score (nSPS) is 22.5. The zero-order valence-corrected chi connectivity index (χ0v) is 20.1. The average Bonchev–Trinajstić information content (AvgIpc) is 3.11. The number of hydrogen-bond acceptors (Lipinski definition) is 5. The third kappa shape index (κ3) is 14.3. The predicted octanol–water partition coefficient (Wildman–Crippen LogP) is 5.30. The minimum atomic E-state index is -0.986. The van der Waals surface area contributed by atoms with Crippen LogP contribution >= 0.6 is 0 Å². The summed E-state index contributed by atoms with van der Waals surface area (Å²) in [6.07, 6.45) is 22.4. The number of unbranched alkanes of at least 4 members (excludes halogenated alkanes) is 14. The third-order valence-corrected chi connectivity index (χ3v) is 6.22. The van der Waals surface area contributed by atoms with Crippen molar-refractivity contribution in [3.8, 4) is 0 Å². The Balaban J connectivity index is 1.83. The highest BCUT2D eigenvalue weighted by atomic mass is 16.6. The van der Waals surface area contributed by atoms with Crippen LogP contribution in [0.2, 0.25) is 0 Å². The van der Waals surface area contributed by atoms with E-state index in [1.54, 1.807) is 0 Å². The molecule has 3 N–H and O–H groups in total. The van der Waals surface area contributed by atoms with Gasteiger partial charge in [-0.3, -0.25) is 0 Å². The van der Waals surface area contributed by atoms with Gasteiger partial charge in [0.15, 0.2) is 0 Å². The Hall–Kier alpha value is -0.460. The van der Waals surface area contributed by atoms with Crippen LogP contribution in [0.15, 0.2) is 12.2 Å². The molecular weight excluding hydrogens is 392 g/mol. The summed E-state index contributed by atoms with van der Waals surface area (Å²) in [4.78, 5) is 0. The molecule has 4 atom stereocenters. The minimum absolute atomic E-state index is 0.0929. The predicted molar refractivity (Wildman–Crippen MR) is 127 cm³/mol. The summed E-state index contributed by atoms with van der Waals surface area (Å²) < 4.78 is 11.0. The molecule has 31 heavy (non-hydrogen) atoms. The van der Waals surface area contributed by atoms with Crippen LogP contribution in [0.5, 0.6) is 0 Å². The van der Waals surface area contributed by atoms with Gasteiger partial charge in [0.1, 0.15) is 24.4 Å². The first kappa shape index (κ1) is 28.6. The fourth-order valence-corrected chi connectivity index (χ4v) is 4.14. The van der Waals surface area contributed by atoms with Crippen molar-refractivity contribution in [1.29, 1.82) is 0 Å². The van der Waals surface area contributed by atoms with Gasteiger partial charge in [0, 0.05) is 6.61 Å². The maximum atomic E-state index is 9.84. The van der Waals surface area contributed by atoms with Gasteiger partial charge in [0.2, 0.25) is 0 Å². The molecule has 1 aliphatic heterocycles. The molecule has 0 amide bonds. The molecule has 0 aromatic heterocycles. The van der Waals surface area contributed by atoms with Crippen molar-refractivity contribution in [3.63, 3.8) is 0 Å². The lowest BCUT2D eigenvalue weighted by atomic mass is 10.0. The summed E-state index contributed by atoms with van der Waals surface area (Å²) in [6, 6.07) is 0. The van der Waals surface area contributed by atoms with Crippen molar-refractivity contribution in [1.82, 2.24) is 0 Å². The fourth-order valence-electron chi connectivity index (χ4n) is 4.14. The van der Waals surface area contributed by atoms with Crippen LogP contribution in [0.3, 0.4) is 0 Å². The molecule has 5 nitrogen and oxygen atoms in total. The number of aliphatic hydroxyl groups excluding tert-OH is 3. The van der Waals surface area contributed by atoms with Crippen molar-refractivity contribution < 1.29 is 24.8 Å². The molecule has 1 rings (SSSR count). The molecule has 0 spiro atoms.